The minimum atomic E-state index is -5.21. The second kappa shape index (κ2) is 10.2. The topological polar surface area (TPSA) is 69.6 Å². The highest BCUT2D eigenvalue weighted by atomic mass is 79.9. The molecular weight excluding hydrogens is 565 g/mol. The first-order chi connectivity index (χ1) is 15.5. The molecule has 1 atom stereocenters. The van der Waals surface area contributed by atoms with Gasteiger partial charge >= 0.3 is 18.4 Å². The maximum absolute atomic E-state index is 14.8. The standard InChI is InChI=1S/C20H13BrClF7N2O3/c1-31(18(33)34)30-17(32)11-4-2-10(6-13(11)20(27,28)29)16(23)8-12(19(24,25)26)9-3-5-15(22)14(21)7-9/h2-8,12H,1H3,(H,30,32)(H,33,34). The van der Waals surface area contributed by atoms with Crippen molar-refractivity contribution in [3.63, 3.8) is 0 Å². The lowest BCUT2D eigenvalue weighted by Crippen LogP contribution is -2.43. The molecule has 5 nitrogen and oxygen atoms in total. The molecule has 0 aliphatic heterocycles. The number of carboxylic acid groups (broad SMARTS) is 1. The number of amides is 2. The van der Waals surface area contributed by atoms with Crippen LogP contribution < -0.4 is 5.43 Å². The van der Waals surface area contributed by atoms with Crippen molar-refractivity contribution in [2.75, 3.05) is 7.05 Å². The van der Waals surface area contributed by atoms with Crippen LogP contribution in [-0.2, 0) is 6.18 Å². The van der Waals surface area contributed by atoms with Crippen molar-refractivity contribution in [2.24, 2.45) is 0 Å². The number of halogens is 9. The van der Waals surface area contributed by atoms with Crippen molar-refractivity contribution in [3.8, 4) is 0 Å². The molecule has 0 saturated carbocycles. The number of allylic oxidation sites excluding steroid dienone is 1. The molecule has 2 amide bonds. The number of benzene rings is 2. The number of nitrogens with one attached hydrogen (secondary N) is 1. The Balaban J connectivity index is 2.55. The molecule has 2 rings (SSSR count). The normalized spacial score (nSPS) is 13.4. The lowest BCUT2D eigenvalue weighted by atomic mass is 9.95. The fourth-order valence-corrected chi connectivity index (χ4v) is 3.23. The summed E-state index contributed by atoms with van der Waals surface area (Å²) in [5.74, 6) is -5.64. The van der Waals surface area contributed by atoms with Gasteiger partial charge in [0.1, 0.15) is 11.7 Å². The van der Waals surface area contributed by atoms with Crippen molar-refractivity contribution in [3.05, 3.63) is 74.2 Å². The Hall–Kier alpha value is -2.80. The van der Waals surface area contributed by atoms with Crippen LogP contribution in [0.25, 0.3) is 5.83 Å². The number of carbonyl (C=O) groups is 2. The van der Waals surface area contributed by atoms with Crippen LogP contribution in [0.2, 0.25) is 5.02 Å². The van der Waals surface area contributed by atoms with Crippen LogP contribution in [0, 0.1) is 0 Å². The molecule has 0 aliphatic carbocycles. The van der Waals surface area contributed by atoms with E-state index in [2.05, 4.69) is 15.9 Å². The van der Waals surface area contributed by atoms with Gasteiger partial charge in [0.25, 0.3) is 5.91 Å². The summed E-state index contributed by atoms with van der Waals surface area (Å²) < 4.78 is 96.1. The zero-order valence-corrected chi connectivity index (χ0v) is 19.1. The average Bonchev–Trinajstić information content (AvgIpc) is 2.71. The van der Waals surface area contributed by atoms with E-state index in [4.69, 9.17) is 16.7 Å². The predicted octanol–water partition coefficient (Wildman–Crippen LogP) is 7.03. The maximum atomic E-state index is 14.8. The van der Waals surface area contributed by atoms with Gasteiger partial charge in [-0.1, -0.05) is 23.7 Å². The van der Waals surface area contributed by atoms with Gasteiger partial charge < -0.3 is 5.11 Å². The Morgan fingerprint density at radius 1 is 1.12 bits per heavy atom. The fourth-order valence-electron chi connectivity index (χ4n) is 2.71. The van der Waals surface area contributed by atoms with Crippen molar-refractivity contribution < 1.29 is 45.4 Å². The highest BCUT2D eigenvalue weighted by molar-refractivity contribution is 9.10. The molecule has 2 aromatic carbocycles. The molecule has 0 aliphatic rings. The molecule has 0 fully saturated rings. The van der Waals surface area contributed by atoms with E-state index in [0.717, 1.165) is 25.2 Å². The molecule has 2 aromatic rings. The van der Waals surface area contributed by atoms with Gasteiger partial charge in [-0.25, -0.2) is 14.2 Å². The largest absolute Gasteiger partial charge is 0.464 e. The van der Waals surface area contributed by atoms with Gasteiger partial charge in [-0.05, 0) is 51.8 Å². The van der Waals surface area contributed by atoms with E-state index >= 15 is 0 Å². The van der Waals surface area contributed by atoms with Crippen molar-refractivity contribution in [2.45, 2.75) is 18.3 Å². The van der Waals surface area contributed by atoms with Gasteiger partial charge in [-0.3, -0.25) is 10.2 Å². The summed E-state index contributed by atoms with van der Waals surface area (Å²) in [6, 6.07) is 4.47. The summed E-state index contributed by atoms with van der Waals surface area (Å²) in [5, 5.41) is 9.01. The van der Waals surface area contributed by atoms with E-state index in [-0.39, 0.29) is 26.6 Å². The van der Waals surface area contributed by atoms with Gasteiger partial charge in [0.15, 0.2) is 0 Å². The Kier molecular flexibility index (Phi) is 8.25. The number of alkyl halides is 6. The number of hydrazine groups is 1. The SMILES string of the molecule is CN(NC(=O)c1ccc(C(F)=CC(c2ccc(Cl)c(Br)c2)C(F)(F)F)cc1C(F)(F)F)C(=O)O. The maximum Gasteiger partial charge on any atom is 0.425 e. The fraction of sp³-hybridized carbons (Fsp3) is 0.200. The summed E-state index contributed by atoms with van der Waals surface area (Å²) in [4.78, 5) is 22.8. The zero-order chi connectivity index (χ0) is 26.0. The van der Waals surface area contributed by atoms with Crippen LogP contribution in [0.4, 0.5) is 35.5 Å². The Morgan fingerprint density at radius 2 is 1.74 bits per heavy atom. The third-order valence-corrected chi connectivity index (χ3v) is 5.58. The summed E-state index contributed by atoms with van der Waals surface area (Å²) in [7, 11) is 0.844. The monoisotopic (exact) mass is 576 g/mol. The minimum absolute atomic E-state index is 0.0892. The lowest BCUT2D eigenvalue weighted by molar-refractivity contribution is -0.140. The Morgan fingerprint density at radius 3 is 2.24 bits per heavy atom. The number of hydrogen-bond donors (Lipinski definition) is 2. The second-order valence-electron chi connectivity index (χ2n) is 6.75. The molecule has 1 unspecified atom stereocenters. The first-order valence-electron chi connectivity index (χ1n) is 8.90. The van der Waals surface area contributed by atoms with Crippen LogP contribution in [0.1, 0.15) is 33.0 Å². The van der Waals surface area contributed by atoms with Gasteiger partial charge in [0, 0.05) is 17.1 Å². The quantitative estimate of drug-likeness (QED) is 0.303. The molecule has 0 saturated heterocycles. The van der Waals surface area contributed by atoms with Crippen LogP contribution in [0.15, 0.2) is 46.9 Å². The summed E-state index contributed by atoms with van der Waals surface area (Å²) in [6.07, 6.45) is -11.8. The van der Waals surface area contributed by atoms with Gasteiger partial charge in [0.2, 0.25) is 0 Å². The second-order valence-corrected chi connectivity index (χ2v) is 8.01. The van der Waals surface area contributed by atoms with Crippen LogP contribution >= 0.6 is 27.5 Å². The van der Waals surface area contributed by atoms with Crippen molar-refractivity contribution >= 4 is 45.4 Å². The summed E-state index contributed by atoms with van der Waals surface area (Å²) in [6.45, 7) is 0. The molecule has 0 bridgehead atoms. The van der Waals surface area contributed by atoms with E-state index < -0.39 is 58.4 Å². The highest BCUT2D eigenvalue weighted by Crippen LogP contribution is 2.41. The molecule has 184 valence electrons. The number of rotatable bonds is 4. The van der Waals surface area contributed by atoms with Gasteiger partial charge in [0.05, 0.1) is 16.1 Å². The highest BCUT2D eigenvalue weighted by Gasteiger charge is 2.40. The van der Waals surface area contributed by atoms with Crippen molar-refractivity contribution in [1.82, 2.24) is 10.4 Å². The third kappa shape index (κ3) is 6.63. The molecule has 2 N–H and O–H groups in total. The van der Waals surface area contributed by atoms with E-state index in [1.807, 2.05) is 0 Å². The van der Waals surface area contributed by atoms with E-state index in [1.54, 1.807) is 5.43 Å². The van der Waals surface area contributed by atoms with Gasteiger partial charge in [-0.2, -0.15) is 26.3 Å². The Labute approximate surface area is 200 Å². The molecule has 14 heteroatoms. The molecule has 34 heavy (non-hydrogen) atoms. The summed E-state index contributed by atoms with van der Waals surface area (Å²) >= 11 is 8.71. The van der Waals surface area contributed by atoms with Crippen LogP contribution in [0.5, 0.6) is 0 Å². The van der Waals surface area contributed by atoms with Gasteiger partial charge in [-0.15, -0.1) is 0 Å². The average molecular weight is 578 g/mol. The number of carbonyl (C=O) groups excluding carboxylic acids is 1. The Bertz CT molecular complexity index is 1140. The molecule has 0 radical (unpaired) electrons. The number of nitrogens with zero attached hydrogens (tertiary/aromatic N) is 1. The first kappa shape index (κ1) is 27.4. The number of hydrogen-bond acceptors (Lipinski definition) is 2. The lowest BCUT2D eigenvalue weighted by Gasteiger charge is -2.19. The van der Waals surface area contributed by atoms with Crippen LogP contribution in [-0.4, -0.2) is 35.3 Å². The minimum Gasteiger partial charge on any atom is -0.464 e. The molecule has 0 spiro atoms. The molecule has 0 heterocycles. The summed E-state index contributed by atoms with van der Waals surface area (Å²) in [5.41, 5.74) is -2.38. The van der Waals surface area contributed by atoms with Crippen molar-refractivity contribution in [1.29, 1.82) is 0 Å². The predicted molar refractivity (Wildman–Crippen MR) is 112 cm³/mol. The van der Waals surface area contributed by atoms with E-state index in [9.17, 15) is 40.3 Å². The van der Waals surface area contributed by atoms with E-state index in [0.29, 0.717) is 12.1 Å². The first-order valence-corrected chi connectivity index (χ1v) is 10.1. The molecule has 0 aromatic heterocycles. The molecular formula is C20H13BrClF7N2O3. The zero-order valence-electron chi connectivity index (χ0n) is 16.7. The third-order valence-electron chi connectivity index (χ3n) is 4.37. The van der Waals surface area contributed by atoms with E-state index in [1.165, 1.54) is 0 Å². The van der Waals surface area contributed by atoms with Crippen LogP contribution in [0.3, 0.4) is 0 Å². The smallest absolute Gasteiger partial charge is 0.425 e.